The fourth-order valence-electron chi connectivity index (χ4n) is 2.58. The lowest BCUT2D eigenvalue weighted by molar-refractivity contribution is 0.102. The van der Waals surface area contributed by atoms with E-state index in [2.05, 4.69) is 10.2 Å². The number of hydrogen-bond donors (Lipinski definition) is 1. The van der Waals surface area contributed by atoms with Gasteiger partial charge in [-0.2, -0.15) is 0 Å². The number of anilines is 2. The molecule has 1 amide bonds. The number of halogens is 2. The molecular weight excluding hydrogens is 286 g/mol. The first kappa shape index (κ1) is 14.5. The van der Waals surface area contributed by atoms with Crippen molar-refractivity contribution in [1.29, 1.82) is 0 Å². The Morgan fingerprint density at radius 3 is 2.27 bits per heavy atom. The summed E-state index contributed by atoms with van der Waals surface area (Å²) in [6.07, 6.45) is 2.39. The molecule has 1 fully saturated rings. The van der Waals surface area contributed by atoms with E-state index < -0.39 is 11.6 Å². The summed E-state index contributed by atoms with van der Waals surface area (Å²) in [5.41, 5.74) is 1.81. The van der Waals surface area contributed by atoms with Gasteiger partial charge in [0.05, 0.1) is 0 Å². The van der Waals surface area contributed by atoms with Crippen molar-refractivity contribution in [3.8, 4) is 0 Å². The SMILES string of the molecule is O=C(Nc1ccc(F)c(F)c1)c1ccc(N2CCCC2)cc1. The summed E-state index contributed by atoms with van der Waals surface area (Å²) < 4.78 is 26.0. The molecule has 1 aliphatic rings. The lowest BCUT2D eigenvalue weighted by Crippen LogP contribution is -2.18. The molecule has 3 nitrogen and oxygen atoms in total. The summed E-state index contributed by atoms with van der Waals surface area (Å²) in [7, 11) is 0. The molecule has 1 aliphatic heterocycles. The maximum Gasteiger partial charge on any atom is 0.255 e. The molecule has 0 atom stereocenters. The number of carbonyl (C=O) groups is 1. The van der Waals surface area contributed by atoms with E-state index in [0.717, 1.165) is 30.9 Å². The third kappa shape index (κ3) is 3.08. The van der Waals surface area contributed by atoms with Crippen LogP contribution in [0.2, 0.25) is 0 Å². The summed E-state index contributed by atoms with van der Waals surface area (Å²) in [6, 6.07) is 10.6. The first-order valence-electron chi connectivity index (χ1n) is 7.25. The lowest BCUT2D eigenvalue weighted by atomic mass is 10.1. The molecule has 0 bridgehead atoms. The summed E-state index contributed by atoms with van der Waals surface area (Å²) in [6.45, 7) is 2.08. The van der Waals surface area contributed by atoms with Crippen LogP contribution in [0.15, 0.2) is 42.5 Å². The molecule has 1 saturated heterocycles. The zero-order valence-electron chi connectivity index (χ0n) is 12.0. The zero-order chi connectivity index (χ0) is 15.5. The minimum Gasteiger partial charge on any atom is -0.372 e. The Hall–Kier alpha value is -2.43. The van der Waals surface area contributed by atoms with Gasteiger partial charge in [0, 0.05) is 36.1 Å². The van der Waals surface area contributed by atoms with Crippen molar-refractivity contribution in [3.05, 3.63) is 59.7 Å². The fraction of sp³-hybridized carbons (Fsp3) is 0.235. The number of benzene rings is 2. The minimum atomic E-state index is -0.984. The van der Waals surface area contributed by atoms with Gasteiger partial charge in [0.2, 0.25) is 0 Å². The summed E-state index contributed by atoms with van der Waals surface area (Å²) in [5.74, 6) is -2.27. The Morgan fingerprint density at radius 2 is 1.64 bits per heavy atom. The van der Waals surface area contributed by atoms with E-state index in [1.54, 1.807) is 12.1 Å². The highest BCUT2D eigenvalue weighted by Gasteiger charge is 2.13. The van der Waals surface area contributed by atoms with E-state index in [-0.39, 0.29) is 11.6 Å². The van der Waals surface area contributed by atoms with Gasteiger partial charge in [-0.3, -0.25) is 4.79 Å². The average Bonchev–Trinajstić information content (AvgIpc) is 3.05. The summed E-state index contributed by atoms with van der Waals surface area (Å²) in [4.78, 5) is 14.4. The smallest absolute Gasteiger partial charge is 0.255 e. The number of carbonyl (C=O) groups excluding carboxylic acids is 1. The monoisotopic (exact) mass is 302 g/mol. The molecule has 1 N–H and O–H groups in total. The van der Waals surface area contributed by atoms with Crippen LogP contribution < -0.4 is 10.2 Å². The van der Waals surface area contributed by atoms with Crippen LogP contribution in [0.1, 0.15) is 23.2 Å². The molecule has 0 spiro atoms. The average molecular weight is 302 g/mol. The number of nitrogens with one attached hydrogen (secondary N) is 1. The van der Waals surface area contributed by atoms with Gasteiger partial charge >= 0.3 is 0 Å². The predicted octanol–water partition coefficient (Wildman–Crippen LogP) is 3.82. The van der Waals surface area contributed by atoms with Gasteiger partial charge in [0.25, 0.3) is 5.91 Å². The van der Waals surface area contributed by atoms with Gasteiger partial charge in [-0.05, 0) is 49.2 Å². The molecule has 114 valence electrons. The Balaban J connectivity index is 1.70. The lowest BCUT2D eigenvalue weighted by Gasteiger charge is -2.17. The Kier molecular flexibility index (Phi) is 4.04. The highest BCUT2D eigenvalue weighted by Crippen LogP contribution is 2.21. The van der Waals surface area contributed by atoms with Crippen molar-refractivity contribution in [2.75, 3.05) is 23.3 Å². The van der Waals surface area contributed by atoms with Crippen LogP contribution in [0.4, 0.5) is 20.2 Å². The molecule has 0 aliphatic carbocycles. The maximum atomic E-state index is 13.1. The molecule has 1 heterocycles. The van der Waals surface area contributed by atoms with Crippen LogP contribution in [0.3, 0.4) is 0 Å². The molecule has 2 aromatic rings. The van der Waals surface area contributed by atoms with E-state index in [1.165, 1.54) is 18.9 Å². The van der Waals surface area contributed by atoms with Crippen molar-refractivity contribution in [2.24, 2.45) is 0 Å². The van der Waals surface area contributed by atoms with Gasteiger partial charge in [-0.15, -0.1) is 0 Å². The van der Waals surface area contributed by atoms with Crippen molar-refractivity contribution in [2.45, 2.75) is 12.8 Å². The third-order valence-electron chi connectivity index (χ3n) is 3.78. The second-order valence-corrected chi connectivity index (χ2v) is 5.32. The number of nitrogens with zero attached hydrogens (tertiary/aromatic N) is 1. The fourth-order valence-corrected chi connectivity index (χ4v) is 2.58. The highest BCUT2D eigenvalue weighted by molar-refractivity contribution is 6.04. The second kappa shape index (κ2) is 6.13. The van der Waals surface area contributed by atoms with E-state index in [0.29, 0.717) is 5.56 Å². The van der Waals surface area contributed by atoms with E-state index in [9.17, 15) is 13.6 Å². The standard InChI is InChI=1S/C17H16F2N2O/c18-15-8-5-13(11-16(15)19)20-17(22)12-3-6-14(7-4-12)21-9-1-2-10-21/h3-8,11H,1-2,9-10H2,(H,20,22). The van der Waals surface area contributed by atoms with Gasteiger partial charge in [-0.25, -0.2) is 8.78 Å². The quantitative estimate of drug-likeness (QED) is 0.935. The number of rotatable bonds is 3. The van der Waals surface area contributed by atoms with Crippen LogP contribution in [0.5, 0.6) is 0 Å². The van der Waals surface area contributed by atoms with Crippen molar-refractivity contribution < 1.29 is 13.6 Å². The Morgan fingerprint density at radius 1 is 0.955 bits per heavy atom. The van der Waals surface area contributed by atoms with E-state index in [1.807, 2.05) is 12.1 Å². The third-order valence-corrected chi connectivity index (χ3v) is 3.78. The van der Waals surface area contributed by atoms with Gasteiger partial charge < -0.3 is 10.2 Å². The van der Waals surface area contributed by atoms with Gasteiger partial charge in [0.1, 0.15) is 0 Å². The summed E-state index contributed by atoms with van der Waals surface area (Å²) in [5, 5.41) is 2.56. The van der Waals surface area contributed by atoms with Crippen molar-refractivity contribution >= 4 is 17.3 Å². The maximum absolute atomic E-state index is 13.1. The molecule has 0 unspecified atom stereocenters. The number of amides is 1. The topological polar surface area (TPSA) is 32.3 Å². The van der Waals surface area contributed by atoms with Crippen molar-refractivity contribution in [3.63, 3.8) is 0 Å². The molecule has 3 rings (SSSR count). The molecule has 22 heavy (non-hydrogen) atoms. The van der Waals surface area contributed by atoms with Crippen molar-refractivity contribution in [1.82, 2.24) is 0 Å². The largest absolute Gasteiger partial charge is 0.372 e. The van der Waals surface area contributed by atoms with Crippen LogP contribution in [0, 0.1) is 11.6 Å². The Labute approximate surface area is 127 Å². The molecule has 0 saturated carbocycles. The van der Waals surface area contributed by atoms with E-state index in [4.69, 9.17) is 0 Å². The molecule has 2 aromatic carbocycles. The molecule has 5 heteroatoms. The van der Waals surface area contributed by atoms with Crippen LogP contribution in [-0.4, -0.2) is 19.0 Å². The molecule has 0 aromatic heterocycles. The van der Waals surface area contributed by atoms with Crippen LogP contribution >= 0.6 is 0 Å². The van der Waals surface area contributed by atoms with Gasteiger partial charge in [0.15, 0.2) is 11.6 Å². The second-order valence-electron chi connectivity index (χ2n) is 5.32. The highest BCUT2D eigenvalue weighted by atomic mass is 19.2. The normalized spacial score (nSPS) is 14.2. The number of hydrogen-bond acceptors (Lipinski definition) is 2. The Bertz CT molecular complexity index is 680. The van der Waals surface area contributed by atoms with Gasteiger partial charge in [-0.1, -0.05) is 0 Å². The molecular formula is C17H16F2N2O. The predicted molar refractivity (Wildman–Crippen MR) is 82.2 cm³/mol. The first-order valence-corrected chi connectivity index (χ1v) is 7.25. The minimum absolute atomic E-state index is 0.229. The van der Waals surface area contributed by atoms with Crippen LogP contribution in [0.25, 0.3) is 0 Å². The summed E-state index contributed by atoms with van der Waals surface area (Å²) >= 11 is 0. The van der Waals surface area contributed by atoms with Crippen LogP contribution in [-0.2, 0) is 0 Å². The van der Waals surface area contributed by atoms with E-state index >= 15 is 0 Å². The molecule has 0 radical (unpaired) electrons. The zero-order valence-corrected chi connectivity index (χ0v) is 12.0. The first-order chi connectivity index (χ1) is 10.6.